The molecule has 8 heteroatoms. The van der Waals surface area contributed by atoms with Crippen LogP contribution in [0.5, 0.6) is 0 Å². The molecule has 0 radical (unpaired) electrons. The molecule has 1 saturated heterocycles. The van der Waals surface area contributed by atoms with Crippen molar-refractivity contribution in [2.24, 2.45) is 0 Å². The monoisotopic (exact) mass is 424 g/mol. The van der Waals surface area contributed by atoms with E-state index in [2.05, 4.69) is 16.0 Å². The fraction of sp³-hybridized carbons (Fsp3) is 0.348. The number of anilines is 1. The van der Waals surface area contributed by atoms with Crippen LogP contribution in [0.3, 0.4) is 0 Å². The molecule has 0 aliphatic carbocycles. The SMILES string of the molecule is C[C@@H](C(=O)NCc1ccc(F)cc1)N1CC[C@@]2(CCC1=O)NC(=O)c1ccccc1N2. The summed E-state index contributed by atoms with van der Waals surface area (Å²) in [6, 6.07) is 12.5. The molecule has 162 valence electrons. The number of amides is 3. The fourth-order valence-corrected chi connectivity index (χ4v) is 4.13. The Morgan fingerprint density at radius 1 is 1.13 bits per heavy atom. The predicted molar refractivity (Wildman–Crippen MR) is 114 cm³/mol. The van der Waals surface area contributed by atoms with E-state index in [0.29, 0.717) is 24.9 Å². The highest BCUT2D eigenvalue weighted by Crippen LogP contribution is 2.32. The van der Waals surface area contributed by atoms with Gasteiger partial charge < -0.3 is 20.9 Å². The Labute approximate surface area is 180 Å². The third-order valence-electron chi connectivity index (χ3n) is 5.99. The molecule has 1 fully saturated rings. The number of fused-ring (bicyclic) bond motifs is 1. The average Bonchev–Trinajstić information content (AvgIpc) is 2.91. The maximum absolute atomic E-state index is 13.0. The van der Waals surface area contributed by atoms with Gasteiger partial charge in [0.2, 0.25) is 11.8 Å². The van der Waals surface area contributed by atoms with Gasteiger partial charge in [-0.3, -0.25) is 14.4 Å². The zero-order chi connectivity index (χ0) is 22.0. The van der Waals surface area contributed by atoms with E-state index in [4.69, 9.17) is 0 Å². The molecule has 0 bridgehead atoms. The van der Waals surface area contributed by atoms with Gasteiger partial charge in [0.15, 0.2) is 0 Å². The highest BCUT2D eigenvalue weighted by molar-refractivity contribution is 6.02. The van der Waals surface area contributed by atoms with Gasteiger partial charge in [0.1, 0.15) is 17.5 Å². The third-order valence-corrected chi connectivity index (χ3v) is 5.99. The molecule has 0 aromatic heterocycles. The number of halogens is 1. The molecule has 2 atom stereocenters. The molecule has 2 aliphatic heterocycles. The van der Waals surface area contributed by atoms with E-state index in [9.17, 15) is 18.8 Å². The number of likely N-dealkylation sites (tertiary alicyclic amines) is 1. The number of nitrogens with one attached hydrogen (secondary N) is 3. The molecule has 2 aromatic carbocycles. The van der Waals surface area contributed by atoms with E-state index >= 15 is 0 Å². The van der Waals surface area contributed by atoms with Gasteiger partial charge in [-0.25, -0.2) is 4.39 Å². The minimum absolute atomic E-state index is 0.129. The Bertz CT molecular complexity index is 1010. The van der Waals surface area contributed by atoms with E-state index in [1.807, 2.05) is 18.2 Å². The van der Waals surface area contributed by atoms with Crippen LogP contribution in [0.1, 0.15) is 42.1 Å². The predicted octanol–water partition coefficient (Wildman–Crippen LogP) is 2.39. The Morgan fingerprint density at radius 3 is 2.65 bits per heavy atom. The highest BCUT2D eigenvalue weighted by atomic mass is 19.1. The zero-order valence-corrected chi connectivity index (χ0v) is 17.3. The van der Waals surface area contributed by atoms with Crippen molar-refractivity contribution in [1.29, 1.82) is 0 Å². The second kappa shape index (κ2) is 8.37. The number of rotatable bonds is 4. The van der Waals surface area contributed by atoms with Gasteiger partial charge in [-0.15, -0.1) is 0 Å². The van der Waals surface area contributed by atoms with Crippen LogP contribution in [0.4, 0.5) is 10.1 Å². The molecule has 2 aromatic rings. The normalized spacial score (nSPS) is 21.5. The Balaban J connectivity index is 1.41. The molecule has 2 heterocycles. The van der Waals surface area contributed by atoms with E-state index in [-0.39, 0.29) is 36.5 Å². The lowest BCUT2D eigenvalue weighted by Crippen LogP contribution is -2.58. The summed E-state index contributed by atoms with van der Waals surface area (Å²) in [6.07, 6.45) is 1.13. The van der Waals surface area contributed by atoms with Crippen LogP contribution < -0.4 is 16.0 Å². The summed E-state index contributed by atoms with van der Waals surface area (Å²) in [5, 5.41) is 9.24. The van der Waals surface area contributed by atoms with Gasteiger partial charge in [-0.05, 0) is 43.2 Å². The molecule has 4 rings (SSSR count). The molecule has 0 unspecified atom stereocenters. The van der Waals surface area contributed by atoms with Crippen molar-refractivity contribution in [3.8, 4) is 0 Å². The maximum Gasteiger partial charge on any atom is 0.255 e. The van der Waals surface area contributed by atoms with E-state index in [1.165, 1.54) is 12.1 Å². The number of benzene rings is 2. The lowest BCUT2D eigenvalue weighted by Gasteiger charge is -2.40. The number of para-hydroxylation sites is 1. The second-order valence-electron chi connectivity index (χ2n) is 8.06. The maximum atomic E-state index is 13.0. The first-order chi connectivity index (χ1) is 14.9. The lowest BCUT2D eigenvalue weighted by atomic mass is 9.95. The quantitative estimate of drug-likeness (QED) is 0.703. The standard InChI is InChI=1S/C23H25FN4O3/c1-15(21(30)25-14-16-6-8-17(24)9-7-16)28-13-12-23(11-10-20(28)29)26-19-5-3-2-4-18(19)22(31)27-23/h2-9,15,26H,10-14H2,1H3,(H,25,30)(H,27,31)/t15-,23+/m0/s1. The zero-order valence-electron chi connectivity index (χ0n) is 17.3. The van der Waals surface area contributed by atoms with Crippen LogP contribution in [-0.4, -0.2) is 40.9 Å². The van der Waals surface area contributed by atoms with Crippen LogP contribution in [0, 0.1) is 5.82 Å². The lowest BCUT2D eigenvalue weighted by molar-refractivity contribution is -0.139. The number of hydrogen-bond acceptors (Lipinski definition) is 4. The first-order valence-corrected chi connectivity index (χ1v) is 10.4. The van der Waals surface area contributed by atoms with Crippen molar-refractivity contribution in [2.75, 3.05) is 11.9 Å². The van der Waals surface area contributed by atoms with Crippen LogP contribution in [0.15, 0.2) is 48.5 Å². The highest BCUT2D eigenvalue weighted by Gasteiger charge is 2.41. The summed E-state index contributed by atoms with van der Waals surface area (Å²) in [5.41, 5.74) is 1.38. The van der Waals surface area contributed by atoms with Gasteiger partial charge in [-0.2, -0.15) is 0 Å². The largest absolute Gasteiger partial charge is 0.362 e. The van der Waals surface area contributed by atoms with Crippen LogP contribution in [0.25, 0.3) is 0 Å². The summed E-state index contributed by atoms with van der Waals surface area (Å²) < 4.78 is 13.0. The number of hydrogen-bond donors (Lipinski definition) is 3. The van der Waals surface area contributed by atoms with Crippen molar-refractivity contribution >= 4 is 23.4 Å². The van der Waals surface area contributed by atoms with Crippen molar-refractivity contribution < 1.29 is 18.8 Å². The minimum atomic E-state index is -0.722. The Morgan fingerprint density at radius 2 is 1.87 bits per heavy atom. The molecule has 31 heavy (non-hydrogen) atoms. The van der Waals surface area contributed by atoms with Crippen molar-refractivity contribution in [3.05, 3.63) is 65.5 Å². The molecule has 3 N–H and O–H groups in total. The first kappa shape index (κ1) is 20.8. The summed E-state index contributed by atoms with van der Waals surface area (Å²) in [4.78, 5) is 39.6. The number of carbonyl (C=O) groups excluding carboxylic acids is 3. The van der Waals surface area contributed by atoms with Gasteiger partial charge >= 0.3 is 0 Å². The Hall–Kier alpha value is -3.42. The average molecular weight is 424 g/mol. The third kappa shape index (κ3) is 4.38. The van der Waals surface area contributed by atoms with Crippen molar-refractivity contribution in [2.45, 2.75) is 44.4 Å². The molecule has 2 aliphatic rings. The molecular formula is C23H25FN4O3. The topological polar surface area (TPSA) is 90.5 Å². The minimum Gasteiger partial charge on any atom is -0.362 e. The number of nitrogens with zero attached hydrogens (tertiary/aromatic N) is 1. The van der Waals surface area contributed by atoms with E-state index < -0.39 is 11.7 Å². The molecule has 0 saturated carbocycles. The second-order valence-corrected chi connectivity index (χ2v) is 8.06. The van der Waals surface area contributed by atoms with Gasteiger partial charge in [0, 0.05) is 31.6 Å². The van der Waals surface area contributed by atoms with Crippen molar-refractivity contribution in [3.63, 3.8) is 0 Å². The summed E-state index contributed by atoms with van der Waals surface area (Å²) >= 11 is 0. The van der Waals surface area contributed by atoms with Crippen LogP contribution >= 0.6 is 0 Å². The fourth-order valence-electron chi connectivity index (χ4n) is 4.13. The van der Waals surface area contributed by atoms with E-state index in [1.54, 1.807) is 30.0 Å². The van der Waals surface area contributed by atoms with Crippen LogP contribution in [-0.2, 0) is 16.1 Å². The van der Waals surface area contributed by atoms with Crippen LogP contribution in [0.2, 0.25) is 0 Å². The molecular weight excluding hydrogens is 399 g/mol. The van der Waals surface area contributed by atoms with Crippen molar-refractivity contribution in [1.82, 2.24) is 15.5 Å². The number of carbonyl (C=O) groups is 3. The van der Waals surface area contributed by atoms with Gasteiger partial charge in [0.05, 0.1) is 5.56 Å². The smallest absolute Gasteiger partial charge is 0.255 e. The summed E-state index contributed by atoms with van der Waals surface area (Å²) in [5.74, 6) is -0.908. The molecule has 3 amide bonds. The Kier molecular flexibility index (Phi) is 5.63. The summed E-state index contributed by atoms with van der Waals surface area (Å²) in [6.45, 7) is 2.28. The summed E-state index contributed by atoms with van der Waals surface area (Å²) in [7, 11) is 0. The van der Waals surface area contributed by atoms with Gasteiger partial charge in [0.25, 0.3) is 5.91 Å². The first-order valence-electron chi connectivity index (χ1n) is 10.4. The van der Waals surface area contributed by atoms with E-state index in [0.717, 1.165) is 11.3 Å². The molecule has 7 nitrogen and oxygen atoms in total. The molecule has 1 spiro atoms. The van der Waals surface area contributed by atoms with Gasteiger partial charge in [-0.1, -0.05) is 24.3 Å².